The van der Waals surface area contributed by atoms with Crippen molar-refractivity contribution in [3.63, 3.8) is 0 Å². The molecule has 0 amide bonds. The Bertz CT molecular complexity index is 1260. The van der Waals surface area contributed by atoms with Gasteiger partial charge in [-0.25, -0.2) is 4.57 Å². The van der Waals surface area contributed by atoms with Crippen LogP contribution in [0.25, 0.3) is 0 Å². The lowest BCUT2D eigenvalue weighted by atomic mass is 9.85. The van der Waals surface area contributed by atoms with Crippen LogP contribution in [0.4, 0.5) is 0 Å². The molecule has 0 aliphatic heterocycles. The van der Waals surface area contributed by atoms with Crippen LogP contribution in [0.2, 0.25) is 0 Å². The van der Waals surface area contributed by atoms with E-state index in [-0.39, 0.29) is 12.8 Å². The molecule has 8 atom stereocenters. The van der Waals surface area contributed by atoms with E-state index in [1.807, 2.05) is 6.08 Å². The minimum atomic E-state index is -5.13. The number of aliphatic hydroxyl groups excluding tert-OH is 5. The number of unbranched alkanes of at least 4 members (excludes halogenated alkanes) is 24. The number of hydrogen-bond acceptors (Lipinski definition) is 12. The maximum Gasteiger partial charge on any atom is 0.472 e. The number of phosphoric ester groups is 1. The Morgan fingerprint density at radius 2 is 0.828 bits per heavy atom. The van der Waals surface area contributed by atoms with Gasteiger partial charge in [-0.15, -0.1) is 0 Å². The summed E-state index contributed by atoms with van der Waals surface area (Å²) in [6, 6.07) is 0. The van der Waals surface area contributed by atoms with E-state index in [0.717, 1.165) is 57.8 Å². The molecule has 0 aromatic heterocycles. The molecule has 64 heavy (non-hydrogen) atoms. The highest BCUT2D eigenvalue weighted by Gasteiger charge is 2.51. The van der Waals surface area contributed by atoms with Crippen LogP contribution < -0.4 is 0 Å². The third-order valence-electron chi connectivity index (χ3n) is 11.7. The Hall–Kier alpha value is -1.93. The van der Waals surface area contributed by atoms with Crippen LogP contribution in [0.1, 0.15) is 213 Å². The van der Waals surface area contributed by atoms with Crippen molar-refractivity contribution in [2.45, 2.75) is 256 Å². The van der Waals surface area contributed by atoms with Gasteiger partial charge in [-0.1, -0.05) is 166 Å². The van der Waals surface area contributed by atoms with Crippen LogP contribution in [0.15, 0.2) is 36.5 Å². The number of hydrogen-bond donors (Lipinski definition) is 6. The number of aliphatic hydroxyl groups is 5. The van der Waals surface area contributed by atoms with Gasteiger partial charge in [-0.3, -0.25) is 18.6 Å². The molecule has 0 spiro atoms. The van der Waals surface area contributed by atoms with E-state index in [9.17, 15) is 44.6 Å². The number of allylic oxidation sites excluding steroid dienone is 6. The van der Waals surface area contributed by atoms with Gasteiger partial charge in [-0.2, -0.15) is 0 Å². The van der Waals surface area contributed by atoms with Gasteiger partial charge in [0.2, 0.25) is 0 Å². The van der Waals surface area contributed by atoms with E-state index in [1.165, 1.54) is 109 Å². The average molecular weight is 931 g/mol. The van der Waals surface area contributed by atoms with Crippen LogP contribution in [-0.2, 0) is 32.7 Å². The lowest BCUT2D eigenvalue weighted by Crippen LogP contribution is -2.64. The molecule has 0 heterocycles. The Morgan fingerprint density at radius 1 is 0.469 bits per heavy atom. The van der Waals surface area contributed by atoms with Gasteiger partial charge in [0.15, 0.2) is 6.10 Å². The summed E-state index contributed by atoms with van der Waals surface area (Å²) in [7, 11) is -5.13. The molecule has 13 nitrogen and oxygen atoms in total. The van der Waals surface area contributed by atoms with E-state index in [4.69, 9.17) is 18.5 Å². The zero-order valence-electron chi connectivity index (χ0n) is 39.8. The predicted molar refractivity (Wildman–Crippen MR) is 253 cm³/mol. The van der Waals surface area contributed by atoms with Crippen molar-refractivity contribution < 1.29 is 63.1 Å². The normalized spacial score (nSPS) is 21.8. The Kier molecular flexibility index (Phi) is 37.7. The Labute approximate surface area is 387 Å². The molecule has 0 saturated heterocycles. The summed E-state index contributed by atoms with van der Waals surface area (Å²) < 4.78 is 33.5. The van der Waals surface area contributed by atoms with E-state index in [0.29, 0.717) is 19.3 Å². The second-order valence-corrected chi connectivity index (χ2v) is 19.1. The lowest BCUT2D eigenvalue weighted by molar-refractivity contribution is -0.220. The third kappa shape index (κ3) is 31.9. The molecule has 1 fully saturated rings. The topological polar surface area (TPSA) is 210 Å². The fraction of sp³-hybridized carbons (Fsp3) is 0.840. The first-order valence-corrected chi connectivity index (χ1v) is 26.8. The summed E-state index contributed by atoms with van der Waals surface area (Å²) in [5.41, 5.74) is 0. The van der Waals surface area contributed by atoms with Crippen molar-refractivity contribution in [1.29, 1.82) is 0 Å². The third-order valence-corrected chi connectivity index (χ3v) is 12.7. The van der Waals surface area contributed by atoms with Gasteiger partial charge in [0, 0.05) is 12.8 Å². The highest BCUT2D eigenvalue weighted by atomic mass is 31.2. The van der Waals surface area contributed by atoms with Gasteiger partial charge in [-0.05, 0) is 70.6 Å². The second kappa shape index (κ2) is 40.2. The first-order chi connectivity index (χ1) is 30.9. The lowest BCUT2D eigenvalue weighted by Gasteiger charge is -2.41. The van der Waals surface area contributed by atoms with Crippen molar-refractivity contribution >= 4 is 19.8 Å². The number of rotatable bonds is 42. The van der Waals surface area contributed by atoms with Gasteiger partial charge in [0.05, 0.1) is 6.61 Å². The van der Waals surface area contributed by atoms with Crippen LogP contribution >= 0.6 is 7.82 Å². The van der Waals surface area contributed by atoms with Crippen LogP contribution in [0.5, 0.6) is 0 Å². The highest BCUT2D eigenvalue weighted by Crippen LogP contribution is 2.47. The summed E-state index contributed by atoms with van der Waals surface area (Å²) >= 11 is 0. The zero-order valence-corrected chi connectivity index (χ0v) is 40.7. The number of esters is 2. The van der Waals surface area contributed by atoms with Crippen molar-refractivity contribution in [3.05, 3.63) is 36.5 Å². The van der Waals surface area contributed by atoms with Crippen LogP contribution in [0.3, 0.4) is 0 Å². The van der Waals surface area contributed by atoms with Gasteiger partial charge < -0.3 is 39.9 Å². The minimum absolute atomic E-state index is 0.0786. The van der Waals surface area contributed by atoms with Crippen molar-refractivity contribution in [2.24, 2.45) is 0 Å². The molecule has 6 N–H and O–H groups in total. The zero-order chi connectivity index (χ0) is 47.1. The molecular formula is C50H91O13P. The quantitative estimate of drug-likeness (QED) is 0.0146. The molecule has 0 aromatic carbocycles. The molecule has 1 rings (SSSR count). The molecular weight excluding hydrogens is 840 g/mol. The Balaban J connectivity index is 2.39. The summed E-state index contributed by atoms with van der Waals surface area (Å²) in [5, 5.41) is 50.2. The van der Waals surface area contributed by atoms with Crippen molar-refractivity contribution in [2.75, 3.05) is 13.2 Å². The Morgan fingerprint density at radius 3 is 1.31 bits per heavy atom. The van der Waals surface area contributed by atoms with E-state index >= 15 is 0 Å². The molecule has 14 heteroatoms. The number of carbonyl (C=O) groups excluding carboxylic acids is 2. The molecule has 1 aliphatic carbocycles. The molecule has 0 aromatic rings. The molecule has 0 bridgehead atoms. The molecule has 6 unspecified atom stereocenters. The van der Waals surface area contributed by atoms with E-state index in [1.54, 1.807) is 0 Å². The largest absolute Gasteiger partial charge is 0.472 e. The summed E-state index contributed by atoms with van der Waals surface area (Å²) in [4.78, 5) is 35.7. The molecule has 1 saturated carbocycles. The second-order valence-electron chi connectivity index (χ2n) is 17.7. The summed E-state index contributed by atoms with van der Waals surface area (Å²) in [6.45, 7) is 3.25. The van der Waals surface area contributed by atoms with Crippen LogP contribution in [0, 0.1) is 0 Å². The van der Waals surface area contributed by atoms with Gasteiger partial charge in [0.1, 0.15) is 43.2 Å². The fourth-order valence-corrected chi connectivity index (χ4v) is 8.57. The van der Waals surface area contributed by atoms with Crippen molar-refractivity contribution in [3.8, 4) is 0 Å². The first-order valence-electron chi connectivity index (χ1n) is 25.3. The number of phosphoric acid groups is 1. The summed E-state index contributed by atoms with van der Waals surface area (Å²) in [5.74, 6) is -1.16. The smallest absolute Gasteiger partial charge is 0.462 e. The molecule has 0 radical (unpaired) electrons. The number of carbonyl (C=O) groups is 2. The fourth-order valence-electron chi connectivity index (χ4n) is 7.60. The molecule has 374 valence electrons. The highest BCUT2D eigenvalue weighted by molar-refractivity contribution is 7.47. The van der Waals surface area contributed by atoms with Gasteiger partial charge in [0.25, 0.3) is 0 Å². The maximum absolute atomic E-state index is 12.8. The van der Waals surface area contributed by atoms with Crippen molar-refractivity contribution in [1.82, 2.24) is 0 Å². The predicted octanol–water partition coefficient (Wildman–Crippen LogP) is 10.6. The van der Waals surface area contributed by atoms with Gasteiger partial charge >= 0.3 is 19.8 Å². The maximum atomic E-state index is 12.8. The average Bonchev–Trinajstić information content (AvgIpc) is 3.28. The van der Waals surface area contributed by atoms with Crippen LogP contribution in [-0.4, -0.2) is 98.3 Å². The number of ether oxygens (including phenoxy) is 2. The minimum Gasteiger partial charge on any atom is -0.462 e. The monoisotopic (exact) mass is 931 g/mol. The first kappa shape index (κ1) is 60.1. The van der Waals surface area contributed by atoms with E-state index < -0.39 is 75.7 Å². The summed E-state index contributed by atoms with van der Waals surface area (Å²) in [6.07, 6.45) is 33.6. The standard InChI is InChI=1S/C50H91O13P/c1-3-5-7-9-11-13-15-17-18-19-20-21-22-23-24-25-26-27-29-30-32-34-36-38-43(51)60-40-42(62-44(52)39-37-35-33-31-28-16-14-12-10-8-6-4-2)41-61-64(58,59)63-50-48(56)46(54)45(53)47(55)49(50)57/h12,14,25-26,30,32,42,45-50,53-57H,3-11,13,15-24,27-29,31,33-41H2,1-2H3,(H,58,59)/b14-12+,26-25+,32-30+/t42-,45?,46-,47?,48?,49?,50?/m0/s1. The SMILES string of the molecule is CCCCC/C=C/CCCCCCCC(=O)O[C@@H](COC(=O)CCC/C=C/CC/C=C/CCCCCCCCCCCCCCCC)COP(=O)(O)OC1C(O)C(O)C(O)[C@H](O)C1O. The van der Waals surface area contributed by atoms with E-state index in [2.05, 4.69) is 44.2 Å². The molecule has 1 aliphatic rings.